The smallest absolute Gasteiger partial charge is 0.266 e. The maximum absolute atomic E-state index is 12.7. The van der Waals surface area contributed by atoms with Crippen molar-refractivity contribution in [3.8, 4) is 11.5 Å². The lowest BCUT2D eigenvalue weighted by atomic mass is 10.1. The number of likely N-dealkylation sites (N-methyl/N-ethyl adjacent to an activating group) is 1. The molecule has 0 spiro atoms. The molecule has 1 aliphatic rings. The zero-order valence-corrected chi connectivity index (χ0v) is 18.9. The fourth-order valence-corrected chi connectivity index (χ4v) is 4.07. The summed E-state index contributed by atoms with van der Waals surface area (Å²) in [6.07, 6.45) is 3.41. The summed E-state index contributed by atoms with van der Waals surface area (Å²) < 4.78 is 11.0. The van der Waals surface area contributed by atoms with E-state index in [1.165, 1.54) is 17.3 Å². The fraction of sp³-hybridized carbons (Fsp3) is 0.217. The van der Waals surface area contributed by atoms with E-state index in [2.05, 4.69) is 18.5 Å². The Kier molecular flexibility index (Phi) is 6.90. The van der Waals surface area contributed by atoms with Crippen LogP contribution in [0.15, 0.2) is 52.9 Å². The second-order valence-electron chi connectivity index (χ2n) is 6.77. The number of hydrogen-bond donors (Lipinski definition) is 0. The molecule has 0 N–H and O–H groups in total. The number of thioether (sulfide) groups is 1. The summed E-state index contributed by atoms with van der Waals surface area (Å²) in [6, 6.07) is 9.50. The van der Waals surface area contributed by atoms with Crippen molar-refractivity contribution in [1.82, 2.24) is 4.90 Å². The van der Waals surface area contributed by atoms with Crippen LogP contribution in [0.2, 0.25) is 5.02 Å². The summed E-state index contributed by atoms with van der Waals surface area (Å²) in [5.74, 6) is 0.814. The molecule has 0 unspecified atom stereocenters. The highest BCUT2D eigenvalue weighted by molar-refractivity contribution is 8.18. The second-order valence-corrected chi connectivity index (χ2v) is 8.19. The number of carbonyl (C=O) groups is 1. The van der Waals surface area contributed by atoms with Crippen LogP contribution in [0.3, 0.4) is 0 Å². The van der Waals surface area contributed by atoms with Gasteiger partial charge in [0.2, 0.25) is 0 Å². The molecule has 1 aliphatic heterocycles. The highest BCUT2D eigenvalue weighted by Crippen LogP contribution is 2.39. The third-order valence-corrected chi connectivity index (χ3v) is 5.95. The largest absolute Gasteiger partial charge is 0.493 e. The Bertz CT molecular complexity index is 1060. The SMILES string of the molecule is C=CCOc1c(Cl)cc(/C=C2/SC(=Nc3ccc(C)c(C)c3)N(C)C2=O)cc1OC. The van der Waals surface area contributed by atoms with Gasteiger partial charge in [-0.15, -0.1) is 0 Å². The number of halogens is 1. The molecular weight excluding hydrogens is 420 g/mol. The van der Waals surface area contributed by atoms with Crippen LogP contribution in [0.1, 0.15) is 16.7 Å². The minimum atomic E-state index is -0.121. The van der Waals surface area contributed by atoms with Crippen LogP contribution >= 0.6 is 23.4 Å². The quantitative estimate of drug-likeness (QED) is 0.421. The number of carbonyl (C=O) groups excluding carboxylic acids is 1. The highest BCUT2D eigenvalue weighted by atomic mass is 35.5. The van der Waals surface area contributed by atoms with E-state index >= 15 is 0 Å². The number of aliphatic imine (C=N–C) groups is 1. The van der Waals surface area contributed by atoms with Crippen LogP contribution in [-0.4, -0.2) is 36.7 Å². The average Bonchev–Trinajstić information content (AvgIpc) is 2.97. The molecular formula is C23H23ClN2O3S. The number of aryl methyl sites for hydroxylation is 2. The molecule has 0 saturated carbocycles. The summed E-state index contributed by atoms with van der Waals surface area (Å²) in [6.45, 7) is 8.05. The van der Waals surface area contributed by atoms with Crippen molar-refractivity contribution in [2.75, 3.05) is 20.8 Å². The van der Waals surface area contributed by atoms with Gasteiger partial charge in [-0.25, -0.2) is 4.99 Å². The van der Waals surface area contributed by atoms with Gasteiger partial charge in [0.05, 0.1) is 22.7 Å². The number of rotatable bonds is 6. The highest BCUT2D eigenvalue weighted by Gasteiger charge is 2.30. The molecule has 7 heteroatoms. The van der Waals surface area contributed by atoms with Crippen molar-refractivity contribution in [3.05, 3.63) is 69.6 Å². The van der Waals surface area contributed by atoms with E-state index in [9.17, 15) is 4.79 Å². The third-order valence-electron chi connectivity index (χ3n) is 4.61. The van der Waals surface area contributed by atoms with Crippen LogP contribution in [0.4, 0.5) is 5.69 Å². The molecule has 30 heavy (non-hydrogen) atoms. The summed E-state index contributed by atoms with van der Waals surface area (Å²) in [5, 5.41) is 1.02. The van der Waals surface area contributed by atoms with E-state index in [-0.39, 0.29) is 5.91 Å². The first-order chi connectivity index (χ1) is 14.3. The Morgan fingerprint density at radius 2 is 2.00 bits per heavy atom. The number of methoxy groups -OCH3 is 1. The van der Waals surface area contributed by atoms with Gasteiger partial charge in [-0.1, -0.05) is 30.3 Å². The Morgan fingerprint density at radius 3 is 2.67 bits per heavy atom. The Morgan fingerprint density at radius 1 is 1.23 bits per heavy atom. The molecule has 0 aliphatic carbocycles. The number of ether oxygens (including phenoxy) is 2. The Hall–Kier alpha value is -2.70. The molecule has 0 atom stereocenters. The molecule has 1 fully saturated rings. The lowest BCUT2D eigenvalue weighted by Crippen LogP contribution is -2.23. The first-order valence-electron chi connectivity index (χ1n) is 9.28. The van der Waals surface area contributed by atoms with E-state index < -0.39 is 0 Å². The molecule has 1 amide bonds. The standard InChI is InChI=1S/C23H23ClN2O3S/c1-6-9-29-21-18(24)11-16(12-19(21)28-5)13-20-22(27)26(4)23(30-20)25-17-8-7-14(2)15(3)10-17/h6-8,10-13H,1,9H2,2-5H3/b20-13+,25-23?. The number of nitrogens with zero attached hydrogens (tertiary/aromatic N) is 2. The van der Waals surface area contributed by atoms with Crippen molar-refractivity contribution in [1.29, 1.82) is 0 Å². The summed E-state index contributed by atoms with van der Waals surface area (Å²) >= 11 is 7.69. The molecule has 156 valence electrons. The molecule has 0 radical (unpaired) electrons. The van der Waals surface area contributed by atoms with Crippen molar-refractivity contribution in [2.24, 2.45) is 4.99 Å². The van der Waals surface area contributed by atoms with Gasteiger partial charge < -0.3 is 9.47 Å². The van der Waals surface area contributed by atoms with E-state index in [0.29, 0.717) is 33.2 Å². The molecule has 1 saturated heterocycles. The van der Waals surface area contributed by atoms with Gasteiger partial charge in [-0.2, -0.15) is 0 Å². The minimum Gasteiger partial charge on any atom is -0.493 e. The van der Waals surface area contributed by atoms with Crippen LogP contribution in [-0.2, 0) is 4.79 Å². The van der Waals surface area contributed by atoms with E-state index in [1.54, 1.807) is 43.3 Å². The average molecular weight is 443 g/mol. The summed E-state index contributed by atoms with van der Waals surface area (Å²) in [5.41, 5.74) is 3.91. The van der Waals surface area contributed by atoms with Gasteiger partial charge in [-0.05, 0) is 72.6 Å². The summed E-state index contributed by atoms with van der Waals surface area (Å²) in [4.78, 5) is 19.5. The number of benzene rings is 2. The van der Waals surface area contributed by atoms with Crippen molar-refractivity contribution < 1.29 is 14.3 Å². The Labute approximate surface area is 186 Å². The van der Waals surface area contributed by atoms with Gasteiger partial charge in [0.1, 0.15) is 6.61 Å². The van der Waals surface area contributed by atoms with E-state index in [0.717, 1.165) is 16.8 Å². The monoisotopic (exact) mass is 442 g/mol. The summed E-state index contributed by atoms with van der Waals surface area (Å²) in [7, 11) is 3.26. The van der Waals surface area contributed by atoms with E-state index in [1.807, 2.05) is 25.1 Å². The third kappa shape index (κ3) is 4.71. The predicted octanol–water partition coefficient (Wildman–Crippen LogP) is 5.76. The maximum Gasteiger partial charge on any atom is 0.266 e. The molecule has 2 aromatic carbocycles. The maximum atomic E-state index is 12.7. The van der Waals surface area contributed by atoms with Crippen LogP contribution in [0.5, 0.6) is 11.5 Å². The van der Waals surface area contributed by atoms with Gasteiger partial charge in [0.15, 0.2) is 16.7 Å². The zero-order valence-electron chi connectivity index (χ0n) is 17.4. The van der Waals surface area contributed by atoms with Gasteiger partial charge in [-0.3, -0.25) is 9.69 Å². The molecule has 2 aromatic rings. The predicted molar refractivity (Wildman–Crippen MR) is 125 cm³/mol. The lowest BCUT2D eigenvalue weighted by Gasteiger charge is -2.12. The number of amidine groups is 1. The normalized spacial score (nSPS) is 16.4. The number of hydrogen-bond acceptors (Lipinski definition) is 5. The van der Waals surface area contributed by atoms with Gasteiger partial charge in [0, 0.05) is 7.05 Å². The first kappa shape index (κ1) is 22.0. The van der Waals surface area contributed by atoms with Crippen molar-refractivity contribution >= 4 is 46.2 Å². The van der Waals surface area contributed by atoms with Crippen LogP contribution in [0.25, 0.3) is 6.08 Å². The zero-order chi connectivity index (χ0) is 21.8. The topological polar surface area (TPSA) is 51.1 Å². The van der Waals surface area contributed by atoms with Crippen LogP contribution < -0.4 is 9.47 Å². The first-order valence-corrected chi connectivity index (χ1v) is 10.5. The van der Waals surface area contributed by atoms with Crippen molar-refractivity contribution in [3.63, 3.8) is 0 Å². The lowest BCUT2D eigenvalue weighted by molar-refractivity contribution is -0.121. The van der Waals surface area contributed by atoms with Crippen molar-refractivity contribution in [2.45, 2.75) is 13.8 Å². The van der Waals surface area contributed by atoms with Gasteiger partial charge >= 0.3 is 0 Å². The Balaban J connectivity index is 1.91. The van der Waals surface area contributed by atoms with Crippen LogP contribution in [0, 0.1) is 13.8 Å². The second kappa shape index (κ2) is 9.41. The van der Waals surface area contributed by atoms with E-state index in [4.69, 9.17) is 21.1 Å². The molecule has 5 nitrogen and oxygen atoms in total. The molecule has 0 aromatic heterocycles. The molecule has 0 bridgehead atoms. The minimum absolute atomic E-state index is 0.121. The molecule has 1 heterocycles. The van der Waals surface area contributed by atoms with Gasteiger partial charge in [0.25, 0.3) is 5.91 Å². The fourth-order valence-electron chi connectivity index (χ4n) is 2.81. The number of amides is 1. The molecule has 3 rings (SSSR count).